The lowest BCUT2D eigenvalue weighted by Gasteiger charge is -2.12. The number of ether oxygens (including phenoxy) is 2. The minimum Gasteiger partial charge on any atom is -0.502 e. The number of phenols is 1. The zero-order chi connectivity index (χ0) is 15.2. The SMILES string of the molecule is CCn1cnnc1CNCc1cc(OC)c(O)c(OC)c1. The summed E-state index contributed by atoms with van der Waals surface area (Å²) < 4.78 is 12.2. The van der Waals surface area contributed by atoms with E-state index >= 15 is 0 Å². The van der Waals surface area contributed by atoms with E-state index in [0.29, 0.717) is 24.6 Å². The van der Waals surface area contributed by atoms with Crippen LogP contribution in [-0.2, 0) is 19.6 Å². The fourth-order valence-electron chi connectivity index (χ4n) is 2.05. The van der Waals surface area contributed by atoms with Crippen LogP contribution in [0, 0.1) is 0 Å². The van der Waals surface area contributed by atoms with Crippen LogP contribution in [0.15, 0.2) is 18.5 Å². The molecule has 0 fully saturated rings. The third kappa shape index (κ3) is 3.43. The number of aromatic hydroxyl groups is 1. The fraction of sp³-hybridized carbons (Fsp3) is 0.429. The molecule has 0 unspecified atom stereocenters. The average Bonchev–Trinajstić information content (AvgIpc) is 2.96. The molecule has 1 aromatic heterocycles. The van der Waals surface area contributed by atoms with Crippen molar-refractivity contribution in [3.8, 4) is 17.2 Å². The van der Waals surface area contributed by atoms with Gasteiger partial charge in [0, 0.05) is 13.1 Å². The van der Waals surface area contributed by atoms with Gasteiger partial charge in [-0.2, -0.15) is 0 Å². The van der Waals surface area contributed by atoms with Crippen molar-refractivity contribution in [3.63, 3.8) is 0 Å². The number of phenolic OH excluding ortho intramolecular Hbond substituents is 1. The number of nitrogens with one attached hydrogen (secondary N) is 1. The Kier molecular flexibility index (Phi) is 4.99. The second kappa shape index (κ2) is 6.94. The van der Waals surface area contributed by atoms with Crippen LogP contribution in [0.3, 0.4) is 0 Å². The van der Waals surface area contributed by atoms with E-state index in [4.69, 9.17) is 9.47 Å². The Hall–Kier alpha value is -2.28. The Bertz CT molecular complexity index is 573. The molecule has 1 heterocycles. The van der Waals surface area contributed by atoms with Crippen LogP contribution >= 0.6 is 0 Å². The van der Waals surface area contributed by atoms with Crippen molar-refractivity contribution in [3.05, 3.63) is 29.8 Å². The molecule has 7 nitrogen and oxygen atoms in total. The van der Waals surface area contributed by atoms with Crippen LogP contribution in [0.5, 0.6) is 17.2 Å². The standard InChI is InChI=1S/C14H20N4O3/c1-4-18-9-16-17-13(18)8-15-7-10-5-11(20-2)14(19)12(6-10)21-3/h5-6,9,15,19H,4,7-8H2,1-3H3. The third-order valence-corrected chi connectivity index (χ3v) is 3.19. The monoisotopic (exact) mass is 292 g/mol. The van der Waals surface area contributed by atoms with Crippen LogP contribution in [0.4, 0.5) is 0 Å². The van der Waals surface area contributed by atoms with Gasteiger partial charge in [-0.05, 0) is 24.6 Å². The molecule has 7 heteroatoms. The molecule has 0 radical (unpaired) electrons. The summed E-state index contributed by atoms with van der Waals surface area (Å²) in [6.45, 7) is 4.09. The lowest BCUT2D eigenvalue weighted by Crippen LogP contribution is -2.16. The summed E-state index contributed by atoms with van der Waals surface area (Å²) in [5.41, 5.74) is 0.948. The van der Waals surface area contributed by atoms with Crippen LogP contribution in [-0.4, -0.2) is 34.1 Å². The van der Waals surface area contributed by atoms with Gasteiger partial charge in [-0.25, -0.2) is 0 Å². The normalized spacial score (nSPS) is 10.6. The molecule has 0 aliphatic carbocycles. The van der Waals surface area contributed by atoms with Crippen molar-refractivity contribution in [1.29, 1.82) is 0 Å². The van der Waals surface area contributed by atoms with Gasteiger partial charge in [-0.1, -0.05) is 0 Å². The second-order valence-electron chi connectivity index (χ2n) is 4.49. The molecule has 0 aliphatic heterocycles. The quantitative estimate of drug-likeness (QED) is 0.801. The summed E-state index contributed by atoms with van der Waals surface area (Å²) in [5.74, 6) is 1.68. The van der Waals surface area contributed by atoms with Gasteiger partial charge in [0.25, 0.3) is 0 Å². The largest absolute Gasteiger partial charge is 0.502 e. The van der Waals surface area contributed by atoms with Crippen LogP contribution in [0.1, 0.15) is 18.3 Å². The number of aromatic nitrogens is 3. The first-order valence-electron chi connectivity index (χ1n) is 6.70. The number of rotatable bonds is 7. The topological polar surface area (TPSA) is 81.4 Å². The number of nitrogens with zero attached hydrogens (tertiary/aromatic N) is 3. The van der Waals surface area contributed by atoms with E-state index in [1.165, 1.54) is 14.2 Å². The van der Waals surface area contributed by atoms with Gasteiger partial charge in [0.15, 0.2) is 11.5 Å². The van der Waals surface area contributed by atoms with Gasteiger partial charge in [-0.3, -0.25) is 0 Å². The summed E-state index contributed by atoms with van der Waals surface area (Å²) in [4.78, 5) is 0. The first kappa shape index (κ1) is 15.1. The number of hydrogen-bond donors (Lipinski definition) is 2. The molecule has 0 saturated heterocycles. The van der Waals surface area contributed by atoms with E-state index in [2.05, 4.69) is 15.5 Å². The number of aryl methyl sites for hydroxylation is 1. The molecule has 21 heavy (non-hydrogen) atoms. The van der Waals surface area contributed by atoms with E-state index in [1.54, 1.807) is 18.5 Å². The van der Waals surface area contributed by atoms with Gasteiger partial charge in [0.1, 0.15) is 12.2 Å². The first-order chi connectivity index (χ1) is 10.2. The van der Waals surface area contributed by atoms with Gasteiger partial charge < -0.3 is 24.5 Å². The lowest BCUT2D eigenvalue weighted by molar-refractivity contribution is 0.339. The molecule has 0 saturated carbocycles. The van der Waals surface area contributed by atoms with E-state index in [0.717, 1.165) is 17.9 Å². The maximum Gasteiger partial charge on any atom is 0.200 e. The van der Waals surface area contributed by atoms with Crippen molar-refractivity contribution in [2.45, 2.75) is 26.6 Å². The highest BCUT2D eigenvalue weighted by Crippen LogP contribution is 2.36. The molecule has 0 atom stereocenters. The molecule has 2 aromatic rings. The minimum absolute atomic E-state index is 0.00877. The maximum absolute atomic E-state index is 9.87. The van der Waals surface area contributed by atoms with Crippen LogP contribution < -0.4 is 14.8 Å². The summed E-state index contributed by atoms with van der Waals surface area (Å²) >= 11 is 0. The van der Waals surface area contributed by atoms with Gasteiger partial charge in [0.05, 0.1) is 20.8 Å². The second-order valence-corrected chi connectivity index (χ2v) is 4.49. The van der Waals surface area contributed by atoms with E-state index in [-0.39, 0.29) is 5.75 Å². The Morgan fingerprint density at radius 2 is 1.86 bits per heavy atom. The molecule has 0 bridgehead atoms. The highest BCUT2D eigenvalue weighted by Gasteiger charge is 2.11. The summed E-state index contributed by atoms with van der Waals surface area (Å²) in [6.07, 6.45) is 1.71. The predicted molar refractivity (Wildman–Crippen MR) is 77.5 cm³/mol. The van der Waals surface area contributed by atoms with Crippen LogP contribution in [0.2, 0.25) is 0 Å². The zero-order valence-corrected chi connectivity index (χ0v) is 12.5. The molecule has 0 amide bonds. The molecule has 2 rings (SSSR count). The molecular weight excluding hydrogens is 272 g/mol. The molecular formula is C14H20N4O3. The number of hydrogen-bond acceptors (Lipinski definition) is 6. The molecule has 114 valence electrons. The molecule has 0 aliphatic rings. The molecule has 2 N–H and O–H groups in total. The number of benzene rings is 1. The number of methoxy groups -OCH3 is 2. The zero-order valence-electron chi connectivity index (χ0n) is 12.5. The van der Waals surface area contributed by atoms with Crippen LogP contribution in [0.25, 0.3) is 0 Å². The maximum atomic E-state index is 9.87. The highest BCUT2D eigenvalue weighted by molar-refractivity contribution is 5.52. The average molecular weight is 292 g/mol. The smallest absolute Gasteiger partial charge is 0.200 e. The Labute approximate surface area is 123 Å². The van der Waals surface area contributed by atoms with Gasteiger partial charge >= 0.3 is 0 Å². The Morgan fingerprint density at radius 3 is 2.43 bits per heavy atom. The fourth-order valence-corrected chi connectivity index (χ4v) is 2.05. The summed E-state index contributed by atoms with van der Waals surface area (Å²) in [6, 6.07) is 3.55. The van der Waals surface area contributed by atoms with Gasteiger partial charge in [0.2, 0.25) is 5.75 Å². The third-order valence-electron chi connectivity index (χ3n) is 3.19. The predicted octanol–water partition coefficient (Wildman–Crippen LogP) is 1.31. The van der Waals surface area contributed by atoms with E-state index < -0.39 is 0 Å². The Morgan fingerprint density at radius 1 is 1.19 bits per heavy atom. The highest BCUT2D eigenvalue weighted by atomic mass is 16.5. The Balaban J connectivity index is 2.03. The molecule has 1 aromatic carbocycles. The molecule has 0 spiro atoms. The van der Waals surface area contributed by atoms with Crippen molar-refractivity contribution in [2.75, 3.05) is 14.2 Å². The minimum atomic E-state index is 0.00877. The summed E-state index contributed by atoms with van der Waals surface area (Å²) in [5, 5.41) is 21.1. The lowest BCUT2D eigenvalue weighted by atomic mass is 10.2. The van der Waals surface area contributed by atoms with Crippen molar-refractivity contribution in [2.24, 2.45) is 0 Å². The van der Waals surface area contributed by atoms with Crippen molar-refractivity contribution >= 4 is 0 Å². The van der Waals surface area contributed by atoms with Gasteiger partial charge in [-0.15, -0.1) is 10.2 Å². The van der Waals surface area contributed by atoms with E-state index in [9.17, 15) is 5.11 Å². The first-order valence-corrected chi connectivity index (χ1v) is 6.70. The summed E-state index contributed by atoms with van der Waals surface area (Å²) in [7, 11) is 3.02. The van der Waals surface area contributed by atoms with E-state index in [1.807, 2.05) is 11.5 Å². The van der Waals surface area contributed by atoms with Crippen molar-refractivity contribution < 1.29 is 14.6 Å². The van der Waals surface area contributed by atoms with Crippen molar-refractivity contribution in [1.82, 2.24) is 20.1 Å².